The van der Waals surface area contributed by atoms with Crippen molar-refractivity contribution >= 4 is 5.78 Å². The summed E-state index contributed by atoms with van der Waals surface area (Å²) in [6.45, 7) is 6.40. The van der Waals surface area contributed by atoms with Gasteiger partial charge >= 0.3 is 0 Å². The Balaban J connectivity index is 2.84. The average molecular weight is 233 g/mol. The zero-order valence-electron chi connectivity index (χ0n) is 11.3. The Kier molecular flexibility index (Phi) is 5.36. The first-order valence-corrected chi connectivity index (χ1v) is 6.43. The van der Waals surface area contributed by atoms with Crippen LogP contribution in [0.2, 0.25) is 0 Å². The van der Waals surface area contributed by atoms with Crippen molar-refractivity contribution in [3.05, 3.63) is 35.9 Å². The van der Waals surface area contributed by atoms with Gasteiger partial charge in [-0.15, -0.1) is 0 Å². The maximum Gasteiger partial charge on any atom is 0.179 e. The van der Waals surface area contributed by atoms with Crippen molar-refractivity contribution in [1.29, 1.82) is 0 Å². The Hall–Kier alpha value is -1.15. The van der Waals surface area contributed by atoms with Gasteiger partial charge in [-0.25, -0.2) is 0 Å². The van der Waals surface area contributed by atoms with Crippen molar-refractivity contribution in [3.8, 4) is 0 Å². The van der Waals surface area contributed by atoms with Crippen LogP contribution in [-0.2, 0) is 0 Å². The third kappa shape index (κ3) is 3.40. The highest BCUT2D eigenvalue weighted by Gasteiger charge is 2.24. The molecule has 1 aromatic carbocycles. The number of hydrogen-bond acceptors (Lipinski definition) is 2. The normalized spacial score (nSPS) is 14.6. The van der Waals surface area contributed by atoms with E-state index in [0.717, 1.165) is 18.4 Å². The quantitative estimate of drug-likeness (QED) is 0.702. The molecule has 0 aliphatic carbocycles. The molecule has 94 valence electrons. The molecule has 2 nitrogen and oxygen atoms in total. The van der Waals surface area contributed by atoms with Crippen LogP contribution in [0.25, 0.3) is 0 Å². The molecule has 0 saturated heterocycles. The van der Waals surface area contributed by atoms with E-state index in [1.54, 1.807) is 0 Å². The Bertz CT molecular complexity index is 347. The summed E-state index contributed by atoms with van der Waals surface area (Å²) in [5.41, 5.74) is 0.814. The molecule has 0 saturated carbocycles. The minimum atomic E-state index is -0.00708. The van der Waals surface area contributed by atoms with Gasteiger partial charge in [0.05, 0.1) is 6.04 Å². The lowest BCUT2D eigenvalue weighted by atomic mass is 9.99. The van der Waals surface area contributed by atoms with E-state index < -0.39 is 0 Å². The molecule has 0 radical (unpaired) electrons. The van der Waals surface area contributed by atoms with Gasteiger partial charge in [-0.3, -0.25) is 9.69 Å². The van der Waals surface area contributed by atoms with Crippen LogP contribution in [0.1, 0.15) is 44.0 Å². The monoisotopic (exact) mass is 233 g/mol. The molecule has 1 aromatic rings. The predicted molar refractivity (Wildman–Crippen MR) is 72.4 cm³/mol. The van der Waals surface area contributed by atoms with E-state index in [2.05, 4.69) is 25.7 Å². The number of rotatable bonds is 6. The minimum Gasteiger partial charge on any atom is -0.294 e. The number of hydrogen-bond donors (Lipinski definition) is 0. The lowest BCUT2D eigenvalue weighted by Crippen LogP contribution is -2.43. The predicted octanol–water partition coefficient (Wildman–Crippen LogP) is 3.38. The molecule has 2 atom stereocenters. The van der Waals surface area contributed by atoms with Crippen molar-refractivity contribution in [2.24, 2.45) is 0 Å². The van der Waals surface area contributed by atoms with Gasteiger partial charge in [0.25, 0.3) is 0 Å². The second-order valence-corrected chi connectivity index (χ2v) is 4.58. The summed E-state index contributed by atoms with van der Waals surface area (Å²) in [6, 6.07) is 10.0. The second-order valence-electron chi connectivity index (χ2n) is 4.58. The highest BCUT2D eigenvalue weighted by atomic mass is 16.1. The van der Waals surface area contributed by atoms with Crippen LogP contribution in [0.5, 0.6) is 0 Å². The summed E-state index contributed by atoms with van der Waals surface area (Å²) in [7, 11) is 2.04. The van der Waals surface area contributed by atoms with Gasteiger partial charge in [-0.1, -0.05) is 44.2 Å². The summed E-state index contributed by atoms with van der Waals surface area (Å²) in [5.74, 6) is 0.232. The van der Waals surface area contributed by atoms with Gasteiger partial charge in [0, 0.05) is 11.6 Å². The fourth-order valence-corrected chi connectivity index (χ4v) is 2.05. The lowest BCUT2D eigenvalue weighted by molar-refractivity contribution is 0.0794. The van der Waals surface area contributed by atoms with E-state index in [4.69, 9.17) is 0 Å². The van der Waals surface area contributed by atoms with Crippen molar-refractivity contribution in [1.82, 2.24) is 4.90 Å². The number of nitrogens with zero attached hydrogens (tertiary/aromatic N) is 1. The molecule has 17 heavy (non-hydrogen) atoms. The topological polar surface area (TPSA) is 20.3 Å². The van der Waals surface area contributed by atoms with Gasteiger partial charge in [0.15, 0.2) is 5.78 Å². The highest BCUT2D eigenvalue weighted by Crippen LogP contribution is 2.14. The van der Waals surface area contributed by atoms with E-state index in [-0.39, 0.29) is 11.8 Å². The summed E-state index contributed by atoms with van der Waals surface area (Å²) >= 11 is 0. The first-order chi connectivity index (χ1) is 8.11. The van der Waals surface area contributed by atoms with E-state index in [0.29, 0.717) is 6.04 Å². The third-order valence-electron chi connectivity index (χ3n) is 3.53. The fourth-order valence-electron chi connectivity index (χ4n) is 2.05. The van der Waals surface area contributed by atoms with Gasteiger partial charge in [-0.2, -0.15) is 0 Å². The van der Waals surface area contributed by atoms with Gasteiger partial charge in [0.2, 0.25) is 0 Å². The lowest BCUT2D eigenvalue weighted by Gasteiger charge is -2.31. The Morgan fingerprint density at radius 3 is 2.24 bits per heavy atom. The SMILES string of the molecule is CCC(C)N(C)C(CC)C(=O)c1ccccc1. The van der Waals surface area contributed by atoms with Crippen LogP contribution in [0.4, 0.5) is 0 Å². The number of carbonyl (C=O) groups excluding carboxylic acids is 1. The van der Waals surface area contributed by atoms with E-state index in [9.17, 15) is 4.79 Å². The smallest absolute Gasteiger partial charge is 0.179 e. The van der Waals surface area contributed by atoms with Crippen molar-refractivity contribution in [2.75, 3.05) is 7.05 Å². The largest absolute Gasteiger partial charge is 0.294 e. The van der Waals surface area contributed by atoms with Crippen LogP contribution in [-0.4, -0.2) is 29.8 Å². The van der Waals surface area contributed by atoms with E-state index in [1.165, 1.54) is 0 Å². The molecule has 0 aliphatic heterocycles. The van der Waals surface area contributed by atoms with Crippen LogP contribution in [0.15, 0.2) is 30.3 Å². The molecule has 0 N–H and O–H groups in total. The molecule has 2 unspecified atom stereocenters. The maximum absolute atomic E-state index is 12.4. The first kappa shape index (κ1) is 13.9. The van der Waals surface area contributed by atoms with Gasteiger partial charge < -0.3 is 0 Å². The molecule has 0 aromatic heterocycles. The van der Waals surface area contributed by atoms with Gasteiger partial charge in [-0.05, 0) is 26.8 Å². The number of carbonyl (C=O) groups is 1. The zero-order chi connectivity index (χ0) is 12.8. The number of ketones is 1. The molecule has 0 heterocycles. The molecule has 0 spiro atoms. The molecule has 0 fully saturated rings. The average Bonchev–Trinajstić information content (AvgIpc) is 2.39. The first-order valence-electron chi connectivity index (χ1n) is 6.43. The number of benzene rings is 1. The highest BCUT2D eigenvalue weighted by molar-refractivity contribution is 6.00. The summed E-state index contributed by atoms with van der Waals surface area (Å²) in [4.78, 5) is 14.6. The summed E-state index contributed by atoms with van der Waals surface area (Å²) in [5, 5.41) is 0. The van der Waals surface area contributed by atoms with Crippen LogP contribution in [0, 0.1) is 0 Å². The molecule has 0 aliphatic rings. The van der Waals surface area contributed by atoms with Crippen molar-refractivity contribution in [3.63, 3.8) is 0 Å². The van der Waals surface area contributed by atoms with Crippen molar-refractivity contribution in [2.45, 2.75) is 45.7 Å². The third-order valence-corrected chi connectivity index (χ3v) is 3.53. The molecule has 0 bridgehead atoms. The minimum absolute atomic E-state index is 0.00708. The fraction of sp³-hybridized carbons (Fsp3) is 0.533. The molecule has 2 heteroatoms. The Morgan fingerprint density at radius 1 is 1.18 bits per heavy atom. The van der Waals surface area contributed by atoms with Crippen LogP contribution >= 0.6 is 0 Å². The van der Waals surface area contributed by atoms with Crippen LogP contribution in [0.3, 0.4) is 0 Å². The zero-order valence-corrected chi connectivity index (χ0v) is 11.3. The van der Waals surface area contributed by atoms with Crippen LogP contribution < -0.4 is 0 Å². The molecule has 0 amide bonds. The molecular formula is C15H23NO. The van der Waals surface area contributed by atoms with Gasteiger partial charge in [0.1, 0.15) is 0 Å². The number of Topliss-reactive ketones (excluding diaryl/α,β-unsaturated/α-hetero) is 1. The van der Waals surface area contributed by atoms with E-state index >= 15 is 0 Å². The maximum atomic E-state index is 12.4. The molecular weight excluding hydrogens is 210 g/mol. The standard InChI is InChI=1S/C15H23NO/c1-5-12(3)16(4)14(6-2)15(17)13-10-8-7-9-11-13/h7-12,14H,5-6H2,1-4H3. The Labute approximate surface area is 105 Å². The summed E-state index contributed by atoms with van der Waals surface area (Å²) < 4.78 is 0. The van der Waals surface area contributed by atoms with Crippen molar-refractivity contribution < 1.29 is 4.79 Å². The molecule has 1 rings (SSSR count). The Morgan fingerprint density at radius 2 is 1.76 bits per heavy atom. The number of likely N-dealkylation sites (N-methyl/N-ethyl adjacent to an activating group) is 1. The summed E-state index contributed by atoms with van der Waals surface area (Å²) in [6.07, 6.45) is 1.92. The van der Waals surface area contributed by atoms with E-state index in [1.807, 2.05) is 37.4 Å². The second kappa shape index (κ2) is 6.55.